The molecule has 142 valence electrons. The summed E-state index contributed by atoms with van der Waals surface area (Å²) in [5, 5.41) is 22.2. The zero-order valence-electron chi connectivity index (χ0n) is 14.3. The predicted octanol–water partition coefficient (Wildman–Crippen LogP) is 0.230. The minimum atomic E-state index is -0.985. The van der Waals surface area contributed by atoms with Crippen LogP contribution in [0.4, 0.5) is 0 Å². The maximum absolute atomic E-state index is 12.5. The molecule has 0 bridgehead atoms. The van der Waals surface area contributed by atoms with Crippen LogP contribution in [0.1, 0.15) is 34.1 Å². The average molecular weight is 367 g/mol. The van der Waals surface area contributed by atoms with Crippen molar-refractivity contribution in [1.82, 2.24) is 10.2 Å². The Bertz CT molecular complexity index is 680. The maximum Gasteiger partial charge on any atom is 0.294 e. The summed E-state index contributed by atoms with van der Waals surface area (Å²) in [7, 11) is 0. The van der Waals surface area contributed by atoms with Crippen LogP contribution in [-0.4, -0.2) is 65.9 Å². The number of amides is 2. The van der Waals surface area contributed by atoms with Crippen molar-refractivity contribution >= 4 is 11.8 Å². The molecule has 1 heterocycles. The van der Waals surface area contributed by atoms with E-state index in [4.69, 9.17) is 4.74 Å². The van der Waals surface area contributed by atoms with Gasteiger partial charge in [-0.1, -0.05) is 13.0 Å². The largest absolute Gasteiger partial charge is 0.490 e. The van der Waals surface area contributed by atoms with Crippen LogP contribution in [0.2, 0.25) is 0 Å². The summed E-state index contributed by atoms with van der Waals surface area (Å²) in [4.78, 5) is 40.0. The van der Waals surface area contributed by atoms with Crippen molar-refractivity contribution < 1.29 is 29.4 Å². The SMILES string of the molecule is CCCNCC(O)COc1cccc2c1C(=O)N(CCO[N+](=O)[O-])C2=O. The minimum Gasteiger partial charge on any atom is -0.490 e. The molecule has 2 amide bonds. The minimum absolute atomic E-state index is 0.0426. The summed E-state index contributed by atoms with van der Waals surface area (Å²) in [5.74, 6) is -0.980. The van der Waals surface area contributed by atoms with Gasteiger partial charge in [-0.05, 0) is 25.1 Å². The van der Waals surface area contributed by atoms with E-state index in [1.54, 1.807) is 6.07 Å². The van der Waals surface area contributed by atoms with Gasteiger partial charge in [-0.2, -0.15) is 0 Å². The van der Waals surface area contributed by atoms with E-state index in [2.05, 4.69) is 10.2 Å². The highest BCUT2D eigenvalue weighted by atomic mass is 16.9. The van der Waals surface area contributed by atoms with E-state index in [1.165, 1.54) is 12.1 Å². The van der Waals surface area contributed by atoms with Gasteiger partial charge >= 0.3 is 0 Å². The third kappa shape index (κ3) is 4.67. The zero-order chi connectivity index (χ0) is 19.1. The van der Waals surface area contributed by atoms with E-state index in [-0.39, 0.29) is 30.0 Å². The molecule has 0 radical (unpaired) electrons. The molecule has 2 N–H and O–H groups in total. The van der Waals surface area contributed by atoms with Gasteiger partial charge in [-0.15, -0.1) is 10.1 Å². The van der Waals surface area contributed by atoms with Crippen LogP contribution in [-0.2, 0) is 4.84 Å². The Morgan fingerprint density at radius 3 is 2.81 bits per heavy atom. The molecule has 26 heavy (non-hydrogen) atoms. The smallest absolute Gasteiger partial charge is 0.294 e. The van der Waals surface area contributed by atoms with Crippen molar-refractivity contribution in [3.8, 4) is 5.75 Å². The number of imide groups is 1. The number of aliphatic hydroxyl groups excluding tert-OH is 1. The third-order valence-corrected chi connectivity index (χ3v) is 3.71. The van der Waals surface area contributed by atoms with Gasteiger partial charge < -0.3 is 20.0 Å². The fraction of sp³-hybridized carbons (Fsp3) is 0.500. The van der Waals surface area contributed by atoms with Crippen LogP contribution < -0.4 is 10.1 Å². The summed E-state index contributed by atoms with van der Waals surface area (Å²) >= 11 is 0. The predicted molar refractivity (Wildman–Crippen MR) is 89.4 cm³/mol. The van der Waals surface area contributed by atoms with E-state index in [0.717, 1.165) is 17.9 Å². The van der Waals surface area contributed by atoms with Crippen LogP contribution in [0, 0.1) is 10.1 Å². The Labute approximate surface area is 149 Å². The zero-order valence-corrected chi connectivity index (χ0v) is 14.3. The molecule has 1 aromatic rings. The molecule has 1 atom stereocenters. The Morgan fingerprint density at radius 1 is 1.35 bits per heavy atom. The third-order valence-electron chi connectivity index (χ3n) is 3.71. The van der Waals surface area contributed by atoms with Gasteiger partial charge in [-0.25, -0.2) is 0 Å². The molecule has 1 aliphatic heterocycles. The number of nitrogens with one attached hydrogen (secondary N) is 1. The number of hydrogen-bond donors (Lipinski definition) is 2. The van der Waals surface area contributed by atoms with Gasteiger partial charge in [0.2, 0.25) is 0 Å². The lowest BCUT2D eigenvalue weighted by atomic mass is 10.1. The number of aliphatic hydroxyl groups is 1. The standard InChI is InChI=1S/C16H21N3O7/c1-2-6-17-9-11(20)10-25-13-5-3-4-12-14(13)16(22)18(15(12)21)7-8-26-19(23)24/h3-5,11,17,20H,2,6-10H2,1H3. The molecule has 0 spiro atoms. The molecule has 10 heteroatoms. The van der Waals surface area contributed by atoms with Crippen molar-refractivity contribution in [1.29, 1.82) is 0 Å². The van der Waals surface area contributed by atoms with E-state index in [9.17, 15) is 24.8 Å². The highest BCUT2D eigenvalue weighted by Gasteiger charge is 2.38. The molecule has 10 nitrogen and oxygen atoms in total. The Kier molecular flexibility index (Phi) is 6.87. The Hall–Kier alpha value is -2.72. The number of fused-ring (bicyclic) bond motifs is 1. The normalized spacial score (nSPS) is 14.3. The van der Waals surface area contributed by atoms with Crippen LogP contribution in [0.15, 0.2) is 18.2 Å². The number of rotatable bonds is 11. The Morgan fingerprint density at radius 2 is 2.12 bits per heavy atom. The van der Waals surface area contributed by atoms with E-state index < -0.39 is 29.6 Å². The van der Waals surface area contributed by atoms with Gasteiger partial charge in [0.05, 0.1) is 17.7 Å². The summed E-state index contributed by atoms with van der Waals surface area (Å²) in [5.41, 5.74) is 0.250. The molecule has 1 unspecified atom stereocenters. The number of carbonyl (C=O) groups excluding carboxylic acids is 2. The second-order valence-electron chi connectivity index (χ2n) is 5.67. The molecule has 1 aromatic carbocycles. The molecular weight excluding hydrogens is 346 g/mol. The molecule has 2 rings (SSSR count). The second kappa shape index (κ2) is 9.11. The molecule has 0 saturated heterocycles. The number of carbonyl (C=O) groups is 2. The van der Waals surface area contributed by atoms with Crippen LogP contribution in [0.25, 0.3) is 0 Å². The van der Waals surface area contributed by atoms with Crippen molar-refractivity contribution in [2.75, 3.05) is 32.8 Å². The average Bonchev–Trinajstić information content (AvgIpc) is 2.85. The van der Waals surface area contributed by atoms with Crippen molar-refractivity contribution in [2.24, 2.45) is 0 Å². The highest BCUT2D eigenvalue weighted by molar-refractivity contribution is 6.22. The van der Waals surface area contributed by atoms with Gasteiger partial charge in [0.15, 0.2) is 0 Å². The fourth-order valence-electron chi connectivity index (χ4n) is 2.52. The summed E-state index contributed by atoms with van der Waals surface area (Å²) < 4.78 is 5.52. The van der Waals surface area contributed by atoms with E-state index in [0.29, 0.717) is 6.54 Å². The van der Waals surface area contributed by atoms with Crippen molar-refractivity contribution in [3.05, 3.63) is 39.4 Å². The number of nitrogens with zero attached hydrogens (tertiary/aromatic N) is 2. The van der Waals surface area contributed by atoms with Crippen LogP contribution in [0.5, 0.6) is 5.75 Å². The molecule has 0 fully saturated rings. The van der Waals surface area contributed by atoms with Gasteiger partial charge in [-0.3, -0.25) is 14.5 Å². The topological polar surface area (TPSA) is 131 Å². The van der Waals surface area contributed by atoms with Gasteiger partial charge in [0.1, 0.15) is 25.1 Å². The first-order chi connectivity index (χ1) is 12.5. The second-order valence-corrected chi connectivity index (χ2v) is 5.67. The van der Waals surface area contributed by atoms with Crippen LogP contribution >= 0.6 is 0 Å². The monoisotopic (exact) mass is 367 g/mol. The Balaban J connectivity index is 2.02. The lowest BCUT2D eigenvalue weighted by Gasteiger charge is -2.15. The molecular formula is C16H21N3O7. The summed E-state index contributed by atoms with van der Waals surface area (Å²) in [6.45, 7) is 2.44. The van der Waals surface area contributed by atoms with Gasteiger partial charge in [0, 0.05) is 6.54 Å². The molecule has 0 aliphatic carbocycles. The first-order valence-corrected chi connectivity index (χ1v) is 8.23. The first-order valence-electron chi connectivity index (χ1n) is 8.23. The number of hydrogen-bond acceptors (Lipinski definition) is 8. The van der Waals surface area contributed by atoms with Crippen LogP contribution in [0.3, 0.4) is 0 Å². The first kappa shape index (κ1) is 19.6. The van der Waals surface area contributed by atoms with E-state index >= 15 is 0 Å². The molecule has 1 aliphatic rings. The summed E-state index contributed by atoms with van der Waals surface area (Å²) in [6.07, 6.45) is 0.168. The molecule has 0 saturated carbocycles. The lowest BCUT2D eigenvalue weighted by Crippen LogP contribution is -2.33. The number of ether oxygens (including phenoxy) is 1. The van der Waals surface area contributed by atoms with Gasteiger partial charge in [0.25, 0.3) is 16.9 Å². The maximum atomic E-state index is 12.5. The highest BCUT2D eigenvalue weighted by Crippen LogP contribution is 2.30. The molecule has 0 aromatic heterocycles. The van der Waals surface area contributed by atoms with Crippen molar-refractivity contribution in [2.45, 2.75) is 19.4 Å². The fourth-order valence-corrected chi connectivity index (χ4v) is 2.52. The number of benzene rings is 1. The van der Waals surface area contributed by atoms with Crippen molar-refractivity contribution in [3.63, 3.8) is 0 Å². The quantitative estimate of drug-likeness (QED) is 0.246. The summed E-state index contributed by atoms with van der Waals surface area (Å²) in [6, 6.07) is 4.58. The van der Waals surface area contributed by atoms with E-state index in [1.807, 2.05) is 6.92 Å². The lowest BCUT2D eigenvalue weighted by molar-refractivity contribution is -0.757.